The molecule has 2 aromatic carbocycles. The number of piperidine rings is 1. The zero-order chi connectivity index (χ0) is 22.1. The molecule has 0 radical (unpaired) electrons. The number of benzene rings is 2. The summed E-state index contributed by atoms with van der Waals surface area (Å²) in [5.74, 6) is -1.89. The summed E-state index contributed by atoms with van der Waals surface area (Å²) in [6, 6.07) is 10.3. The Balaban J connectivity index is 1.47. The summed E-state index contributed by atoms with van der Waals surface area (Å²) in [7, 11) is 1.54. The van der Waals surface area contributed by atoms with Crippen molar-refractivity contribution in [2.75, 3.05) is 7.11 Å². The number of nitrogens with zero attached hydrogens (tertiary/aromatic N) is 1. The predicted octanol–water partition coefficient (Wildman–Crippen LogP) is 1.03. The van der Waals surface area contributed by atoms with Crippen molar-refractivity contribution in [2.24, 2.45) is 0 Å². The van der Waals surface area contributed by atoms with Gasteiger partial charge in [-0.15, -0.1) is 0 Å². The van der Waals surface area contributed by atoms with E-state index < -0.39 is 29.7 Å². The van der Waals surface area contributed by atoms with Crippen molar-refractivity contribution >= 4 is 29.5 Å². The third kappa shape index (κ3) is 3.77. The summed E-state index contributed by atoms with van der Waals surface area (Å²) in [5.41, 5.74) is 1.45. The van der Waals surface area contributed by atoms with Crippen LogP contribution in [0.5, 0.6) is 5.75 Å². The second-order valence-electron chi connectivity index (χ2n) is 7.24. The van der Waals surface area contributed by atoms with Gasteiger partial charge < -0.3 is 10.1 Å². The smallest absolute Gasteiger partial charge is 0.262 e. The van der Waals surface area contributed by atoms with Crippen LogP contribution in [0, 0.1) is 0 Å². The Morgan fingerprint density at radius 3 is 2.45 bits per heavy atom. The lowest BCUT2D eigenvalue weighted by Crippen LogP contribution is -2.54. The van der Waals surface area contributed by atoms with Crippen LogP contribution < -0.4 is 15.4 Å². The SMILES string of the molecule is COc1ccc(C(=O)NCc2ccc3c(c2)C(=O)N(C2CCC(=O)NC2=O)C3=O)cc1. The number of hydrogen-bond acceptors (Lipinski definition) is 6. The molecule has 0 spiro atoms. The number of hydrogen-bond donors (Lipinski definition) is 2. The molecule has 31 heavy (non-hydrogen) atoms. The van der Waals surface area contributed by atoms with Gasteiger partial charge in [-0.25, -0.2) is 0 Å². The predicted molar refractivity (Wildman–Crippen MR) is 107 cm³/mol. The largest absolute Gasteiger partial charge is 0.497 e. The van der Waals surface area contributed by atoms with Gasteiger partial charge in [0, 0.05) is 18.5 Å². The Morgan fingerprint density at radius 2 is 1.77 bits per heavy atom. The van der Waals surface area contributed by atoms with Crippen molar-refractivity contribution < 1.29 is 28.7 Å². The number of amides is 5. The van der Waals surface area contributed by atoms with E-state index in [1.807, 2.05) is 0 Å². The first kappa shape index (κ1) is 20.3. The molecule has 2 N–H and O–H groups in total. The highest BCUT2D eigenvalue weighted by Gasteiger charge is 2.44. The fourth-order valence-electron chi connectivity index (χ4n) is 3.65. The van der Waals surface area contributed by atoms with Gasteiger partial charge in [-0.2, -0.15) is 0 Å². The molecule has 2 aliphatic heterocycles. The number of imide groups is 2. The lowest BCUT2D eigenvalue weighted by Gasteiger charge is -2.27. The third-order valence-corrected chi connectivity index (χ3v) is 5.31. The summed E-state index contributed by atoms with van der Waals surface area (Å²) in [4.78, 5) is 62.3. The number of carbonyl (C=O) groups excluding carboxylic acids is 5. The fraction of sp³-hybridized carbons (Fsp3) is 0.227. The van der Waals surface area contributed by atoms with Crippen LogP contribution >= 0.6 is 0 Å². The fourth-order valence-corrected chi connectivity index (χ4v) is 3.65. The molecule has 158 valence electrons. The molecule has 2 aromatic rings. The first-order valence-electron chi connectivity index (χ1n) is 9.66. The van der Waals surface area contributed by atoms with Crippen LogP contribution in [0.1, 0.15) is 49.5 Å². The van der Waals surface area contributed by atoms with Crippen molar-refractivity contribution in [3.05, 3.63) is 64.7 Å². The molecular formula is C22H19N3O6. The summed E-state index contributed by atoms with van der Waals surface area (Å²) in [6.45, 7) is 0.151. The number of ether oxygens (including phenoxy) is 1. The Morgan fingerprint density at radius 1 is 1.06 bits per heavy atom. The van der Waals surface area contributed by atoms with Crippen LogP contribution in [0.2, 0.25) is 0 Å². The van der Waals surface area contributed by atoms with Gasteiger partial charge in [-0.1, -0.05) is 6.07 Å². The van der Waals surface area contributed by atoms with Crippen LogP contribution in [0.3, 0.4) is 0 Å². The Labute approximate surface area is 177 Å². The number of carbonyl (C=O) groups is 5. The lowest BCUT2D eigenvalue weighted by molar-refractivity contribution is -0.136. The van der Waals surface area contributed by atoms with E-state index in [1.54, 1.807) is 30.3 Å². The van der Waals surface area contributed by atoms with Gasteiger partial charge in [0.25, 0.3) is 17.7 Å². The topological polar surface area (TPSA) is 122 Å². The standard InChI is InChI=1S/C22H19N3O6/c1-31-14-5-3-13(4-6-14)19(27)23-11-12-2-7-15-16(10-12)22(30)25(21(15)29)17-8-9-18(26)24-20(17)28/h2-7,10,17H,8-9,11H2,1H3,(H,23,27)(H,24,26,28). The quantitative estimate of drug-likeness (QED) is 0.696. The van der Waals surface area contributed by atoms with E-state index in [0.29, 0.717) is 16.9 Å². The Kier molecular flexibility index (Phi) is 5.24. The van der Waals surface area contributed by atoms with Gasteiger partial charge in [0.2, 0.25) is 11.8 Å². The first-order valence-corrected chi connectivity index (χ1v) is 9.66. The molecule has 0 aromatic heterocycles. The second-order valence-corrected chi connectivity index (χ2v) is 7.24. The van der Waals surface area contributed by atoms with Gasteiger partial charge in [-0.05, 0) is 48.4 Å². The van der Waals surface area contributed by atoms with Crippen molar-refractivity contribution in [2.45, 2.75) is 25.4 Å². The highest BCUT2D eigenvalue weighted by molar-refractivity contribution is 6.23. The van der Waals surface area contributed by atoms with E-state index in [0.717, 1.165) is 4.90 Å². The molecular weight excluding hydrogens is 402 g/mol. The normalized spacial score (nSPS) is 18.0. The third-order valence-electron chi connectivity index (χ3n) is 5.31. The maximum Gasteiger partial charge on any atom is 0.262 e. The van der Waals surface area contributed by atoms with Crippen LogP contribution in [0.15, 0.2) is 42.5 Å². The molecule has 0 bridgehead atoms. The molecule has 5 amide bonds. The van der Waals surface area contributed by atoms with Crippen molar-refractivity contribution in [1.29, 1.82) is 0 Å². The second kappa shape index (κ2) is 8.02. The molecule has 1 fully saturated rings. The summed E-state index contributed by atoms with van der Waals surface area (Å²) >= 11 is 0. The first-order chi connectivity index (χ1) is 14.9. The van der Waals surface area contributed by atoms with E-state index in [1.165, 1.54) is 19.2 Å². The van der Waals surface area contributed by atoms with E-state index in [4.69, 9.17) is 4.74 Å². The van der Waals surface area contributed by atoms with Crippen molar-refractivity contribution in [1.82, 2.24) is 15.5 Å². The molecule has 1 unspecified atom stereocenters. The average molecular weight is 421 g/mol. The highest BCUT2D eigenvalue weighted by Crippen LogP contribution is 2.28. The maximum absolute atomic E-state index is 12.8. The Bertz CT molecular complexity index is 1110. The molecule has 1 atom stereocenters. The summed E-state index contributed by atoms with van der Waals surface area (Å²) < 4.78 is 5.07. The molecule has 1 saturated heterocycles. The molecule has 0 aliphatic carbocycles. The van der Waals surface area contributed by atoms with Gasteiger partial charge in [0.1, 0.15) is 11.8 Å². The van der Waals surface area contributed by atoms with Crippen molar-refractivity contribution in [3.8, 4) is 5.75 Å². The lowest BCUT2D eigenvalue weighted by atomic mass is 10.0. The van der Waals surface area contributed by atoms with E-state index in [2.05, 4.69) is 10.6 Å². The molecule has 4 rings (SSSR count). The summed E-state index contributed by atoms with van der Waals surface area (Å²) in [5, 5.41) is 4.93. The minimum Gasteiger partial charge on any atom is -0.497 e. The minimum absolute atomic E-state index is 0.0620. The monoisotopic (exact) mass is 421 g/mol. The van der Waals surface area contributed by atoms with Gasteiger partial charge in [-0.3, -0.25) is 34.2 Å². The van der Waals surface area contributed by atoms with Gasteiger partial charge >= 0.3 is 0 Å². The molecule has 9 nitrogen and oxygen atoms in total. The van der Waals surface area contributed by atoms with E-state index >= 15 is 0 Å². The van der Waals surface area contributed by atoms with Crippen LogP contribution in [-0.4, -0.2) is 47.6 Å². The maximum atomic E-state index is 12.8. The van der Waals surface area contributed by atoms with E-state index in [-0.39, 0.29) is 36.4 Å². The van der Waals surface area contributed by atoms with Crippen LogP contribution in [0.4, 0.5) is 0 Å². The zero-order valence-electron chi connectivity index (χ0n) is 16.6. The number of rotatable bonds is 5. The number of methoxy groups -OCH3 is 1. The molecule has 9 heteroatoms. The zero-order valence-corrected chi connectivity index (χ0v) is 16.6. The van der Waals surface area contributed by atoms with Crippen molar-refractivity contribution in [3.63, 3.8) is 0 Å². The minimum atomic E-state index is -1.01. The molecule has 0 saturated carbocycles. The average Bonchev–Trinajstić information content (AvgIpc) is 3.02. The van der Waals surface area contributed by atoms with Crippen LogP contribution in [0.25, 0.3) is 0 Å². The van der Waals surface area contributed by atoms with Gasteiger partial charge in [0.05, 0.1) is 18.2 Å². The number of nitrogens with one attached hydrogen (secondary N) is 2. The van der Waals surface area contributed by atoms with Gasteiger partial charge in [0.15, 0.2) is 0 Å². The van der Waals surface area contributed by atoms with Crippen LogP contribution in [-0.2, 0) is 16.1 Å². The highest BCUT2D eigenvalue weighted by atomic mass is 16.5. The van der Waals surface area contributed by atoms with E-state index in [9.17, 15) is 24.0 Å². The number of fused-ring (bicyclic) bond motifs is 1. The molecule has 2 heterocycles. The Hall–Kier alpha value is -4.01. The summed E-state index contributed by atoms with van der Waals surface area (Å²) in [6.07, 6.45) is 0.160. The molecule has 2 aliphatic rings.